The summed E-state index contributed by atoms with van der Waals surface area (Å²) < 4.78 is 0. The van der Waals surface area contributed by atoms with Gasteiger partial charge in [-0.15, -0.1) is 0 Å². The Morgan fingerprint density at radius 1 is 1.00 bits per heavy atom. The van der Waals surface area contributed by atoms with Gasteiger partial charge in [-0.05, 0) is 73.0 Å². The van der Waals surface area contributed by atoms with Gasteiger partial charge in [0.05, 0.1) is 17.7 Å². The van der Waals surface area contributed by atoms with Gasteiger partial charge in [0.15, 0.2) is 0 Å². The van der Waals surface area contributed by atoms with E-state index in [1.165, 1.54) is 11.1 Å². The summed E-state index contributed by atoms with van der Waals surface area (Å²) in [5.41, 5.74) is 3.94. The third-order valence-electron chi connectivity index (χ3n) is 5.13. The molecule has 4 rings (SSSR count). The zero-order valence-corrected chi connectivity index (χ0v) is 17.2. The molecule has 0 unspecified atom stereocenters. The van der Waals surface area contributed by atoms with Crippen LogP contribution in [0.4, 0.5) is 5.69 Å². The predicted molar refractivity (Wildman–Crippen MR) is 114 cm³/mol. The third-order valence-corrected chi connectivity index (χ3v) is 5.36. The Labute approximate surface area is 178 Å². The maximum Gasteiger partial charge on any atom is 0.274 e. The molecule has 3 aromatic rings. The van der Waals surface area contributed by atoms with Gasteiger partial charge in [0.25, 0.3) is 17.7 Å². The van der Waals surface area contributed by atoms with Gasteiger partial charge in [0.2, 0.25) is 0 Å². The van der Waals surface area contributed by atoms with E-state index in [1.807, 2.05) is 13.8 Å². The SMILES string of the molecule is Cc1cc2c(cc1C)C(=O)N(Cc1cc(Cl)ccc1NC(=O)c1ccccn1)C2=O. The maximum atomic E-state index is 12.9. The van der Waals surface area contributed by atoms with Gasteiger partial charge in [0, 0.05) is 16.9 Å². The summed E-state index contributed by atoms with van der Waals surface area (Å²) >= 11 is 6.15. The van der Waals surface area contributed by atoms with Gasteiger partial charge >= 0.3 is 0 Å². The van der Waals surface area contributed by atoms with Gasteiger partial charge < -0.3 is 5.32 Å². The van der Waals surface area contributed by atoms with E-state index in [-0.39, 0.29) is 24.1 Å². The smallest absolute Gasteiger partial charge is 0.274 e. The van der Waals surface area contributed by atoms with Gasteiger partial charge in [-0.3, -0.25) is 24.3 Å². The van der Waals surface area contributed by atoms with Crippen molar-refractivity contribution < 1.29 is 14.4 Å². The topological polar surface area (TPSA) is 79.4 Å². The lowest BCUT2D eigenvalue weighted by Gasteiger charge is -2.17. The van der Waals surface area contributed by atoms with Crippen LogP contribution in [0.15, 0.2) is 54.7 Å². The molecule has 3 amide bonds. The van der Waals surface area contributed by atoms with Crippen LogP contribution in [0, 0.1) is 13.8 Å². The molecule has 150 valence electrons. The van der Waals surface area contributed by atoms with Crippen molar-refractivity contribution in [2.24, 2.45) is 0 Å². The monoisotopic (exact) mass is 419 g/mol. The van der Waals surface area contributed by atoms with Crippen LogP contribution in [0.1, 0.15) is 47.9 Å². The number of halogens is 1. The number of nitrogens with zero attached hydrogens (tertiary/aromatic N) is 2. The Hall–Kier alpha value is -3.51. The summed E-state index contributed by atoms with van der Waals surface area (Å²) in [7, 11) is 0. The Bertz CT molecular complexity index is 1150. The zero-order chi connectivity index (χ0) is 21.4. The van der Waals surface area contributed by atoms with Crippen molar-refractivity contribution in [2.75, 3.05) is 5.32 Å². The quantitative estimate of drug-likeness (QED) is 0.635. The van der Waals surface area contributed by atoms with Crippen LogP contribution in [0.25, 0.3) is 0 Å². The fourth-order valence-corrected chi connectivity index (χ4v) is 3.56. The van der Waals surface area contributed by atoms with E-state index in [9.17, 15) is 14.4 Å². The molecule has 1 aliphatic rings. The average molecular weight is 420 g/mol. The molecule has 6 nitrogen and oxygen atoms in total. The van der Waals surface area contributed by atoms with E-state index in [1.54, 1.807) is 48.5 Å². The fraction of sp³-hybridized carbons (Fsp3) is 0.130. The zero-order valence-electron chi connectivity index (χ0n) is 16.4. The van der Waals surface area contributed by atoms with E-state index in [2.05, 4.69) is 10.3 Å². The molecule has 0 saturated heterocycles. The summed E-state index contributed by atoms with van der Waals surface area (Å²) in [6.07, 6.45) is 1.53. The van der Waals surface area contributed by atoms with E-state index >= 15 is 0 Å². The van der Waals surface area contributed by atoms with Crippen LogP contribution < -0.4 is 5.32 Å². The summed E-state index contributed by atoms with van der Waals surface area (Å²) in [5, 5.41) is 3.22. The lowest BCUT2D eigenvalue weighted by Crippen LogP contribution is -2.29. The van der Waals surface area contributed by atoms with Crippen LogP contribution in [-0.2, 0) is 6.54 Å². The molecule has 0 aliphatic carbocycles. The largest absolute Gasteiger partial charge is 0.320 e. The summed E-state index contributed by atoms with van der Waals surface area (Å²) in [6, 6.07) is 13.4. The van der Waals surface area contributed by atoms with Crippen molar-refractivity contribution in [1.82, 2.24) is 9.88 Å². The highest BCUT2D eigenvalue weighted by atomic mass is 35.5. The van der Waals surface area contributed by atoms with E-state index < -0.39 is 5.91 Å². The van der Waals surface area contributed by atoms with Crippen LogP contribution in [0.3, 0.4) is 0 Å². The molecule has 0 radical (unpaired) electrons. The first-order chi connectivity index (χ1) is 14.3. The number of aromatic nitrogens is 1. The molecular formula is C23H18ClN3O3. The molecule has 0 fully saturated rings. The molecule has 0 saturated carbocycles. The van der Waals surface area contributed by atoms with E-state index in [0.29, 0.717) is 27.4 Å². The fourth-order valence-electron chi connectivity index (χ4n) is 3.37. The molecule has 0 bridgehead atoms. The Balaban J connectivity index is 1.64. The van der Waals surface area contributed by atoms with Crippen molar-refractivity contribution in [3.8, 4) is 0 Å². The number of imide groups is 1. The van der Waals surface area contributed by atoms with E-state index in [0.717, 1.165) is 11.1 Å². The predicted octanol–water partition coefficient (Wildman–Crippen LogP) is 4.40. The number of aryl methyl sites for hydroxylation is 2. The first-order valence-electron chi connectivity index (χ1n) is 9.33. The van der Waals surface area contributed by atoms with Crippen LogP contribution in [-0.4, -0.2) is 27.6 Å². The number of rotatable bonds is 4. The molecule has 1 aromatic heterocycles. The number of nitrogens with one attached hydrogen (secondary N) is 1. The number of pyridine rings is 1. The molecule has 2 aromatic carbocycles. The molecular weight excluding hydrogens is 402 g/mol. The molecule has 7 heteroatoms. The third kappa shape index (κ3) is 3.57. The lowest BCUT2D eigenvalue weighted by molar-refractivity contribution is 0.0642. The van der Waals surface area contributed by atoms with E-state index in [4.69, 9.17) is 11.6 Å². The van der Waals surface area contributed by atoms with Crippen LogP contribution in [0.5, 0.6) is 0 Å². The second kappa shape index (κ2) is 7.72. The van der Waals surface area contributed by atoms with Crippen molar-refractivity contribution in [2.45, 2.75) is 20.4 Å². The van der Waals surface area contributed by atoms with Crippen molar-refractivity contribution in [3.05, 3.63) is 93.3 Å². The van der Waals surface area contributed by atoms with Gasteiger partial charge in [0.1, 0.15) is 5.69 Å². The Morgan fingerprint density at radius 3 is 2.27 bits per heavy atom. The first-order valence-corrected chi connectivity index (χ1v) is 9.71. The maximum absolute atomic E-state index is 12.9. The highest BCUT2D eigenvalue weighted by Crippen LogP contribution is 2.30. The standard InChI is InChI=1S/C23H18ClN3O3/c1-13-9-17-18(10-14(13)2)23(30)27(22(17)29)12-15-11-16(24)6-7-19(15)26-21(28)20-5-3-4-8-25-20/h3-11H,12H2,1-2H3,(H,26,28). The Kier molecular flexibility index (Phi) is 5.10. The number of hydrogen-bond donors (Lipinski definition) is 1. The lowest BCUT2D eigenvalue weighted by atomic mass is 10.0. The summed E-state index contributed by atoms with van der Waals surface area (Å²) in [5.74, 6) is -1.12. The molecule has 1 aliphatic heterocycles. The van der Waals surface area contributed by atoms with Crippen molar-refractivity contribution in [1.29, 1.82) is 0 Å². The number of hydrogen-bond acceptors (Lipinski definition) is 4. The summed E-state index contributed by atoms with van der Waals surface area (Å²) in [4.78, 5) is 43.5. The minimum atomic E-state index is -0.396. The van der Waals surface area contributed by atoms with Gasteiger partial charge in [-0.25, -0.2) is 0 Å². The normalized spacial score (nSPS) is 12.8. The molecule has 0 spiro atoms. The number of anilines is 1. The Morgan fingerprint density at radius 2 is 1.67 bits per heavy atom. The second-order valence-corrected chi connectivity index (χ2v) is 7.59. The molecule has 2 heterocycles. The van der Waals surface area contributed by atoms with Crippen molar-refractivity contribution >= 4 is 35.0 Å². The van der Waals surface area contributed by atoms with Crippen LogP contribution in [0.2, 0.25) is 5.02 Å². The van der Waals surface area contributed by atoms with Crippen molar-refractivity contribution in [3.63, 3.8) is 0 Å². The number of carbonyl (C=O) groups excluding carboxylic acids is 3. The molecule has 0 atom stereocenters. The minimum Gasteiger partial charge on any atom is -0.320 e. The van der Waals surface area contributed by atoms with Crippen LogP contribution >= 0.6 is 11.6 Å². The summed E-state index contributed by atoms with van der Waals surface area (Å²) in [6.45, 7) is 3.79. The molecule has 1 N–H and O–H groups in total. The highest BCUT2D eigenvalue weighted by Gasteiger charge is 2.36. The van der Waals surface area contributed by atoms with Gasteiger partial charge in [-0.2, -0.15) is 0 Å². The number of amides is 3. The highest BCUT2D eigenvalue weighted by molar-refractivity contribution is 6.30. The molecule has 30 heavy (non-hydrogen) atoms. The number of fused-ring (bicyclic) bond motifs is 1. The minimum absolute atomic E-state index is 0.0111. The average Bonchev–Trinajstić information content (AvgIpc) is 2.95. The number of carbonyl (C=O) groups is 3. The van der Waals surface area contributed by atoms with Gasteiger partial charge in [-0.1, -0.05) is 17.7 Å². The number of benzene rings is 2. The second-order valence-electron chi connectivity index (χ2n) is 7.15. The first kappa shape index (κ1) is 19.8.